The molecule has 25 heavy (non-hydrogen) atoms. The highest BCUT2D eigenvalue weighted by molar-refractivity contribution is 5.76. The van der Waals surface area contributed by atoms with E-state index in [0.717, 1.165) is 17.1 Å². The van der Waals surface area contributed by atoms with Crippen LogP contribution < -0.4 is 9.47 Å². The molecule has 0 N–H and O–H groups in total. The molecular weight excluding hydrogens is 324 g/mol. The Morgan fingerprint density at radius 2 is 1.80 bits per heavy atom. The summed E-state index contributed by atoms with van der Waals surface area (Å²) in [4.78, 5) is 23.8. The summed E-state index contributed by atoms with van der Waals surface area (Å²) >= 11 is 0. The zero-order chi connectivity index (χ0) is 18.6. The van der Waals surface area contributed by atoms with Gasteiger partial charge in [0.2, 0.25) is 13.1 Å². The van der Waals surface area contributed by atoms with Gasteiger partial charge >= 0.3 is 11.9 Å². The van der Waals surface area contributed by atoms with Gasteiger partial charge in [0.1, 0.15) is 0 Å². The van der Waals surface area contributed by atoms with Crippen molar-refractivity contribution in [1.29, 1.82) is 0 Å². The predicted octanol–water partition coefficient (Wildman–Crippen LogP) is 3.46. The number of esters is 2. The van der Waals surface area contributed by atoms with E-state index in [9.17, 15) is 9.59 Å². The monoisotopic (exact) mass is 350 g/mol. The van der Waals surface area contributed by atoms with Gasteiger partial charge in [-0.25, -0.2) is 0 Å². The Kier molecular flexibility index (Phi) is 5.93. The first kappa shape index (κ1) is 19.1. The largest absolute Gasteiger partial charge is 0.454 e. The zero-order valence-corrected chi connectivity index (χ0v) is 15.5. The molecule has 1 aliphatic rings. The second kappa shape index (κ2) is 7.76. The smallest absolute Gasteiger partial charge is 0.314 e. The average molecular weight is 350 g/mol. The highest BCUT2D eigenvalue weighted by Gasteiger charge is 2.26. The summed E-state index contributed by atoms with van der Waals surface area (Å²) in [5.74, 6) is 0.766. The molecule has 0 amide bonds. The van der Waals surface area contributed by atoms with E-state index in [1.807, 2.05) is 25.1 Å². The molecule has 0 radical (unpaired) electrons. The Morgan fingerprint density at radius 3 is 2.48 bits per heavy atom. The molecule has 0 fully saturated rings. The minimum atomic E-state index is -0.892. The predicted molar refractivity (Wildman–Crippen MR) is 91.2 cm³/mol. The van der Waals surface area contributed by atoms with E-state index in [1.165, 1.54) is 0 Å². The Bertz CT molecular complexity index is 631. The molecule has 2 atom stereocenters. The van der Waals surface area contributed by atoms with Crippen molar-refractivity contribution >= 4 is 11.9 Å². The molecule has 1 aliphatic heterocycles. The van der Waals surface area contributed by atoms with Crippen LogP contribution in [0.1, 0.15) is 46.6 Å². The summed E-state index contributed by atoms with van der Waals surface area (Å²) < 4.78 is 20.9. The standard InChI is InChI=1S/C19H26O6/c1-12(8-14-6-7-15-16(10-14)23-11-22-15)9-17(20)24-13(2)25-18(21)19(3,4)5/h6-7,10,12-13H,8-9,11H2,1-5H3/t12-,13?/m1/s1. The summed E-state index contributed by atoms with van der Waals surface area (Å²) in [6, 6.07) is 5.76. The third-order valence-corrected chi connectivity index (χ3v) is 3.72. The topological polar surface area (TPSA) is 71.1 Å². The van der Waals surface area contributed by atoms with E-state index < -0.39 is 17.7 Å². The highest BCUT2D eigenvalue weighted by Crippen LogP contribution is 2.33. The van der Waals surface area contributed by atoms with Gasteiger partial charge in [0.15, 0.2) is 11.5 Å². The van der Waals surface area contributed by atoms with Gasteiger partial charge in [-0.3, -0.25) is 9.59 Å². The van der Waals surface area contributed by atoms with Crippen molar-refractivity contribution in [3.63, 3.8) is 0 Å². The lowest BCUT2D eigenvalue weighted by molar-refractivity contribution is -0.190. The van der Waals surface area contributed by atoms with Crippen LogP contribution in [0.15, 0.2) is 18.2 Å². The van der Waals surface area contributed by atoms with Crippen LogP contribution in [0.4, 0.5) is 0 Å². The van der Waals surface area contributed by atoms with Crippen LogP contribution in [-0.2, 0) is 25.5 Å². The number of carbonyl (C=O) groups excluding carboxylic acids is 2. The van der Waals surface area contributed by atoms with Crippen LogP contribution in [0.5, 0.6) is 11.5 Å². The molecule has 1 heterocycles. The van der Waals surface area contributed by atoms with Crippen LogP contribution in [0.3, 0.4) is 0 Å². The molecule has 0 aliphatic carbocycles. The molecule has 0 aromatic heterocycles. The maximum Gasteiger partial charge on any atom is 0.314 e. The second-order valence-corrected chi connectivity index (χ2v) is 7.41. The van der Waals surface area contributed by atoms with Crippen molar-refractivity contribution in [2.75, 3.05) is 6.79 Å². The number of hydrogen-bond donors (Lipinski definition) is 0. The number of fused-ring (bicyclic) bond motifs is 1. The maximum absolute atomic E-state index is 12.0. The van der Waals surface area contributed by atoms with Crippen molar-refractivity contribution in [2.45, 2.75) is 53.8 Å². The van der Waals surface area contributed by atoms with Crippen LogP contribution in [-0.4, -0.2) is 25.0 Å². The quantitative estimate of drug-likeness (QED) is 0.578. The summed E-state index contributed by atoms with van der Waals surface area (Å²) in [5.41, 5.74) is 0.435. The first-order valence-corrected chi connectivity index (χ1v) is 8.44. The molecule has 1 unspecified atom stereocenters. The van der Waals surface area contributed by atoms with E-state index in [4.69, 9.17) is 18.9 Å². The Morgan fingerprint density at radius 1 is 1.12 bits per heavy atom. The van der Waals surface area contributed by atoms with E-state index in [0.29, 0.717) is 6.42 Å². The fraction of sp³-hybridized carbons (Fsp3) is 0.579. The lowest BCUT2D eigenvalue weighted by Crippen LogP contribution is -2.29. The summed E-state index contributed by atoms with van der Waals surface area (Å²) in [6.07, 6.45) is 0.0604. The fourth-order valence-corrected chi connectivity index (χ4v) is 2.41. The van der Waals surface area contributed by atoms with Gasteiger partial charge in [-0.2, -0.15) is 0 Å². The molecule has 1 aromatic rings. The van der Waals surface area contributed by atoms with E-state index in [-0.39, 0.29) is 25.1 Å². The van der Waals surface area contributed by atoms with Crippen molar-refractivity contribution in [3.8, 4) is 11.5 Å². The first-order valence-electron chi connectivity index (χ1n) is 8.44. The first-order chi connectivity index (χ1) is 11.6. The van der Waals surface area contributed by atoms with Crippen molar-refractivity contribution in [1.82, 2.24) is 0 Å². The highest BCUT2D eigenvalue weighted by atomic mass is 16.7. The molecule has 6 nitrogen and oxygen atoms in total. The molecular formula is C19H26O6. The molecule has 138 valence electrons. The number of ether oxygens (including phenoxy) is 4. The van der Waals surface area contributed by atoms with Gasteiger partial charge in [0.05, 0.1) is 5.41 Å². The van der Waals surface area contributed by atoms with Gasteiger partial charge in [-0.1, -0.05) is 13.0 Å². The van der Waals surface area contributed by atoms with E-state index in [2.05, 4.69) is 0 Å². The lowest BCUT2D eigenvalue weighted by atomic mass is 9.97. The SMILES string of the molecule is CC(OC(=O)C[C@H](C)Cc1ccc2c(c1)OCO2)OC(=O)C(C)(C)C. The summed E-state index contributed by atoms with van der Waals surface area (Å²) in [7, 11) is 0. The third-order valence-electron chi connectivity index (χ3n) is 3.72. The van der Waals surface area contributed by atoms with Crippen molar-refractivity contribution < 1.29 is 28.5 Å². The van der Waals surface area contributed by atoms with Gasteiger partial charge in [-0.15, -0.1) is 0 Å². The fourth-order valence-electron chi connectivity index (χ4n) is 2.41. The van der Waals surface area contributed by atoms with E-state index >= 15 is 0 Å². The van der Waals surface area contributed by atoms with Crippen LogP contribution >= 0.6 is 0 Å². The van der Waals surface area contributed by atoms with Crippen molar-refractivity contribution in [2.24, 2.45) is 11.3 Å². The molecule has 0 saturated heterocycles. The normalized spacial score (nSPS) is 15.4. The zero-order valence-electron chi connectivity index (χ0n) is 15.5. The van der Waals surface area contributed by atoms with Crippen LogP contribution in [0, 0.1) is 11.3 Å². The summed E-state index contributed by atoms with van der Waals surface area (Å²) in [5, 5.41) is 0. The number of hydrogen-bond acceptors (Lipinski definition) is 6. The molecule has 1 aromatic carbocycles. The molecule has 0 spiro atoms. The van der Waals surface area contributed by atoms with Crippen LogP contribution in [0.25, 0.3) is 0 Å². The Labute approximate surface area is 148 Å². The lowest BCUT2D eigenvalue weighted by Gasteiger charge is -2.21. The number of rotatable bonds is 6. The molecule has 0 bridgehead atoms. The Hall–Kier alpha value is -2.24. The van der Waals surface area contributed by atoms with Gasteiger partial charge in [0.25, 0.3) is 0 Å². The van der Waals surface area contributed by atoms with Gasteiger partial charge < -0.3 is 18.9 Å². The van der Waals surface area contributed by atoms with Crippen LogP contribution in [0.2, 0.25) is 0 Å². The minimum Gasteiger partial charge on any atom is -0.454 e. The third kappa shape index (κ3) is 5.66. The maximum atomic E-state index is 12.0. The van der Waals surface area contributed by atoms with E-state index in [1.54, 1.807) is 27.7 Å². The van der Waals surface area contributed by atoms with Gasteiger partial charge in [0, 0.05) is 13.3 Å². The minimum absolute atomic E-state index is 0.0818. The molecule has 6 heteroatoms. The number of benzene rings is 1. The second-order valence-electron chi connectivity index (χ2n) is 7.41. The Balaban J connectivity index is 1.79. The summed E-state index contributed by atoms with van der Waals surface area (Å²) in [6.45, 7) is 9.00. The molecule has 0 saturated carbocycles. The molecule has 2 rings (SSSR count). The number of carbonyl (C=O) groups is 2. The van der Waals surface area contributed by atoms with Gasteiger partial charge in [-0.05, 0) is 50.8 Å². The average Bonchev–Trinajstić information content (AvgIpc) is 2.92. The van der Waals surface area contributed by atoms with Crippen molar-refractivity contribution in [3.05, 3.63) is 23.8 Å².